The van der Waals surface area contributed by atoms with Crippen molar-refractivity contribution in [2.45, 2.75) is 46.1 Å². The molecular weight excluding hydrogens is 533 g/mol. The number of carboxylic acids is 1. The highest BCUT2D eigenvalue weighted by Gasteiger charge is 2.20. The third-order valence-electron chi connectivity index (χ3n) is 6.56. The highest BCUT2D eigenvalue weighted by molar-refractivity contribution is 6.32. The van der Waals surface area contributed by atoms with Crippen molar-refractivity contribution in [3.63, 3.8) is 0 Å². The van der Waals surface area contributed by atoms with Crippen molar-refractivity contribution in [2.75, 3.05) is 5.88 Å². The molecule has 0 amide bonds. The highest BCUT2D eigenvalue weighted by Crippen LogP contribution is 2.29. The Morgan fingerprint density at radius 1 is 1.05 bits per heavy atom. The van der Waals surface area contributed by atoms with Gasteiger partial charge in [-0.15, -0.1) is 11.6 Å². The molecule has 0 atom stereocenters. The zero-order valence-corrected chi connectivity index (χ0v) is 23.7. The second-order valence-corrected chi connectivity index (χ2v) is 10.3. The van der Waals surface area contributed by atoms with Crippen LogP contribution in [0.25, 0.3) is 21.9 Å². The van der Waals surface area contributed by atoms with Gasteiger partial charge in [0.2, 0.25) is 0 Å². The zero-order chi connectivity index (χ0) is 27.9. The summed E-state index contributed by atoms with van der Waals surface area (Å²) in [6, 6.07) is 19.1. The van der Waals surface area contributed by atoms with Gasteiger partial charge in [0, 0.05) is 16.8 Å². The molecule has 0 aliphatic heterocycles. The van der Waals surface area contributed by atoms with Gasteiger partial charge in [0.25, 0.3) is 0 Å². The van der Waals surface area contributed by atoms with Crippen LogP contribution in [0, 0.1) is 0 Å². The van der Waals surface area contributed by atoms with Gasteiger partial charge in [0.05, 0.1) is 16.8 Å². The number of fused-ring (bicyclic) bond motifs is 1. The summed E-state index contributed by atoms with van der Waals surface area (Å²) < 4.78 is 11.9. The number of aryl methyl sites for hydroxylation is 1. The maximum Gasteiger partial charge on any atom is 0.335 e. The molecule has 4 rings (SSSR count). The Balaban J connectivity index is 1.48. The Labute approximate surface area is 238 Å². The van der Waals surface area contributed by atoms with Gasteiger partial charge in [-0.1, -0.05) is 67.0 Å². The first-order valence-corrected chi connectivity index (χ1v) is 13.8. The van der Waals surface area contributed by atoms with Crippen molar-refractivity contribution in [1.82, 2.24) is 5.16 Å². The highest BCUT2D eigenvalue weighted by atomic mass is 35.5. The smallest absolute Gasteiger partial charge is 0.335 e. The largest absolute Gasteiger partial charge is 0.489 e. The summed E-state index contributed by atoms with van der Waals surface area (Å²) in [6.45, 7) is 6.41. The molecule has 0 spiro atoms. The molecule has 0 aliphatic rings. The van der Waals surface area contributed by atoms with Crippen LogP contribution in [0.5, 0.6) is 5.75 Å². The lowest BCUT2D eigenvalue weighted by Gasteiger charge is -2.11. The van der Waals surface area contributed by atoms with Crippen LogP contribution in [0.15, 0.2) is 87.9 Å². The topological polar surface area (TPSA) is 72.6 Å². The minimum absolute atomic E-state index is 0.168. The maximum atomic E-state index is 11.2. The van der Waals surface area contributed by atoms with E-state index in [1.165, 1.54) is 0 Å². The van der Waals surface area contributed by atoms with E-state index in [4.69, 9.17) is 32.5 Å². The molecule has 0 bridgehead atoms. The first-order chi connectivity index (χ1) is 18.8. The van der Waals surface area contributed by atoms with E-state index in [1.807, 2.05) is 61.5 Å². The Morgan fingerprint density at radius 2 is 1.74 bits per heavy atom. The summed E-state index contributed by atoms with van der Waals surface area (Å²) in [5.41, 5.74) is 5.13. The summed E-state index contributed by atoms with van der Waals surface area (Å²) in [4.78, 5) is 11.2. The number of halogens is 2. The molecule has 0 radical (unpaired) electrons. The van der Waals surface area contributed by atoms with E-state index >= 15 is 0 Å². The summed E-state index contributed by atoms with van der Waals surface area (Å²) >= 11 is 12.5. The normalized spacial score (nSPS) is 12.4. The fourth-order valence-electron chi connectivity index (χ4n) is 4.40. The van der Waals surface area contributed by atoms with E-state index in [-0.39, 0.29) is 11.5 Å². The third kappa shape index (κ3) is 6.92. The SMILES string of the molecule is C/C=C\C(Cl)=C(/CCl)CCc1noc(C(C)C)c1COc1ccc(-c2ccc3cc(C(=O)O)ccc3c2)cc1. The molecule has 0 aliphatic carbocycles. The first kappa shape index (κ1) is 28.5. The standard InChI is InChI=1S/C32H31Cl2NO4/c1-4-5-29(34)26(18-33)12-15-30-28(31(20(2)3)39-35-30)19-38-27-13-10-21(11-14-27)22-6-7-24-17-25(32(36)37)9-8-23(24)16-22/h4-11,13-14,16-17,20H,12,15,18-19H2,1-3H3,(H,36,37)/b5-4-,29-26+. The second-order valence-electron chi connectivity index (χ2n) is 9.61. The van der Waals surface area contributed by atoms with Gasteiger partial charge >= 0.3 is 5.97 Å². The lowest BCUT2D eigenvalue weighted by atomic mass is 10.00. The Hall–Kier alpha value is -3.54. The van der Waals surface area contributed by atoms with Crippen molar-refractivity contribution in [1.29, 1.82) is 0 Å². The molecule has 7 heteroatoms. The summed E-state index contributed by atoms with van der Waals surface area (Å²) in [7, 11) is 0. The molecule has 3 aromatic carbocycles. The molecule has 1 heterocycles. The first-order valence-electron chi connectivity index (χ1n) is 12.8. The van der Waals surface area contributed by atoms with Crippen LogP contribution in [-0.2, 0) is 13.0 Å². The van der Waals surface area contributed by atoms with Crippen LogP contribution in [0.3, 0.4) is 0 Å². The number of carboxylic acid groups (broad SMARTS) is 1. The van der Waals surface area contributed by atoms with Crippen LogP contribution in [0.1, 0.15) is 60.5 Å². The summed E-state index contributed by atoms with van der Waals surface area (Å²) in [5, 5.41) is 16.1. The zero-order valence-electron chi connectivity index (χ0n) is 22.2. The van der Waals surface area contributed by atoms with E-state index in [0.717, 1.165) is 50.2 Å². The fraction of sp³-hybridized carbons (Fsp3) is 0.250. The maximum absolute atomic E-state index is 11.2. The van der Waals surface area contributed by atoms with Gasteiger partial charge in [-0.2, -0.15) is 0 Å². The molecule has 0 unspecified atom stereocenters. The summed E-state index contributed by atoms with van der Waals surface area (Å²) in [6.07, 6.45) is 5.08. The number of rotatable bonds is 11. The molecule has 202 valence electrons. The van der Waals surface area contributed by atoms with Crippen molar-refractivity contribution in [3.05, 3.63) is 106 Å². The van der Waals surface area contributed by atoms with Crippen LogP contribution < -0.4 is 4.74 Å². The van der Waals surface area contributed by atoms with E-state index in [1.54, 1.807) is 12.1 Å². The van der Waals surface area contributed by atoms with E-state index in [2.05, 4.69) is 25.1 Å². The monoisotopic (exact) mass is 563 g/mol. The molecule has 5 nitrogen and oxygen atoms in total. The average Bonchev–Trinajstić information content (AvgIpc) is 3.35. The fourth-order valence-corrected chi connectivity index (χ4v) is 5.04. The molecule has 4 aromatic rings. The lowest BCUT2D eigenvalue weighted by Crippen LogP contribution is -2.03. The van der Waals surface area contributed by atoms with E-state index < -0.39 is 5.97 Å². The molecule has 1 N–H and O–H groups in total. The van der Waals surface area contributed by atoms with Crippen molar-refractivity contribution in [3.8, 4) is 16.9 Å². The van der Waals surface area contributed by atoms with Crippen molar-refractivity contribution < 1.29 is 19.2 Å². The van der Waals surface area contributed by atoms with Gasteiger partial charge in [-0.05, 0) is 83.6 Å². The number of carbonyl (C=O) groups is 1. The number of hydrogen-bond donors (Lipinski definition) is 1. The number of hydrogen-bond acceptors (Lipinski definition) is 4. The number of alkyl halides is 1. The van der Waals surface area contributed by atoms with Gasteiger partial charge in [-0.3, -0.25) is 0 Å². The lowest BCUT2D eigenvalue weighted by molar-refractivity contribution is 0.0697. The van der Waals surface area contributed by atoms with Crippen LogP contribution >= 0.6 is 23.2 Å². The van der Waals surface area contributed by atoms with Crippen molar-refractivity contribution in [2.24, 2.45) is 0 Å². The predicted molar refractivity (Wildman–Crippen MR) is 158 cm³/mol. The number of aromatic carboxylic acids is 1. The Kier molecular flexibility index (Phi) is 9.50. The number of ether oxygens (including phenoxy) is 1. The molecule has 39 heavy (non-hydrogen) atoms. The van der Waals surface area contributed by atoms with Gasteiger partial charge < -0.3 is 14.4 Å². The summed E-state index contributed by atoms with van der Waals surface area (Å²) in [5.74, 6) is 1.16. The predicted octanol–water partition coefficient (Wildman–Crippen LogP) is 9.14. The number of benzene rings is 3. The van der Waals surface area contributed by atoms with Gasteiger partial charge in [0.1, 0.15) is 18.1 Å². The van der Waals surface area contributed by atoms with Crippen molar-refractivity contribution >= 4 is 39.9 Å². The minimum Gasteiger partial charge on any atom is -0.489 e. The quantitative estimate of drug-likeness (QED) is 0.145. The molecule has 0 fully saturated rings. The van der Waals surface area contributed by atoms with E-state index in [0.29, 0.717) is 30.4 Å². The molecule has 1 aromatic heterocycles. The van der Waals surface area contributed by atoms with E-state index in [9.17, 15) is 9.90 Å². The number of aromatic nitrogens is 1. The van der Waals surface area contributed by atoms with Crippen LogP contribution in [0.4, 0.5) is 0 Å². The minimum atomic E-state index is -0.930. The van der Waals surface area contributed by atoms with Crippen LogP contribution in [-0.4, -0.2) is 22.1 Å². The molecular formula is C32H31Cl2NO4. The number of nitrogens with zero attached hydrogens (tertiary/aromatic N) is 1. The van der Waals surface area contributed by atoms with Gasteiger partial charge in [-0.25, -0.2) is 4.79 Å². The Morgan fingerprint density at radius 3 is 2.41 bits per heavy atom. The average molecular weight is 565 g/mol. The van der Waals surface area contributed by atoms with Gasteiger partial charge in [0.15, 0.2) is 0 Å². The van der Waals surface area contributed by atoms with Crippen LogP contribution in [0.2, 0.25) is 0 Å². The third-order valence-corrected chi connectivity index (χ3v) is 7.27. The second kappa shape index (κ2) is 13.0. The molecule has 0 saturated carbocycles. The molecule has 0 saturated heterocycles. The number of allylic oxidation sites excluding steroid dienone is 4. The Bertz CT molecular complexity index is 1520.